The van der Waals surface area contributed by atoms with Crippen LogP contribution in [0, 0.1) is 0 Å². The first-order valence-corrected chi connectivity index (χ1v) is 25.8. The number of fused-ring (bicyclic) bond motifs is 10. The van der Waals surface area contributed by atoms with E-state index in [1.807, 2.05) is 36.4 Å². The van der Waals surface area contributed by atoms with Crippen molar-refractivity contribution in [2.45, 2.75) is 17.3 Å². The smallest absolute Gasteiger partial charge is 0.164 e. The van der Waals surface area contributed by atoms with Gasteiger partial charge in [-0.05, 0) is 96.1 Å². The van der Waals surface area contributed by atoms with Gasteiger partial charge in [-0.1, -0.05) is 231 Å². The maximum absolute atomic E-state index is 5.54. The van der Waals surface area contributed by atoms with Gasteiger partial charge in [0.2, 0.25) is 0 Å². The molecule has 75 heavy (non-hydrogen) atoms. The van der Waals surface area contributed by atoms with E-state index in [2.05, 4.69) is 212 Å². The Morgan fingerprint density at radius 1 is 0.240 bits per heavy atom. The van der Waals surface area contributed by atoms with Gasteiger partial charge < -0.3 is 0 Å². The Kier molecular flexibility index (Phi) is 9.01. The number of nitrogens with zero attached hydrogens (tertiary/aromatic N) is 5. The molecular weight excluding hydrogens is 911 g/mol. The zero-order chi connectivity index (χ0) is 49.2. The average Bonchev–Trinajstić information content (AvgIpc) is 4.17. The molecule has 2 aromatic heterocycles. The summed E-state index contributed by atoms with van der Waals surface area (Å²) in [4.78, 5) is 26.3. The molecule has 17 rings (SSSR count). The second-order valence-electron chi connectivity index (χ2n) is 20.2. The largest absolute Gasteiger partial charge is 0.228 e. The lowest BCUT2D eigenvalue weighted by atomic mass is 9.60. The minimum Gasteiger partial charge on any atom is -0.228 e. The quantitative estimate of drug-likeness (QED) is 0.166. The van der Waals surface area contributed by atoms with Gasteiger partial charge in [-0.2, -0.15) is 0 Å². The third-order valence-electron chi connectivity index (χ3n) is 16.3. The number of benzene rings is 10. The fraction of sp³-hybridized carbons (Fsp3) is 0.0429. The molecule has 348 valence electrons. The molecule has 12 aromatic rings. The highest BCUT2D eigenvalue weighted by Gasteiger charge is 2.53. The van der Waals surface area contributed by atoms with E-state index >= 15 is 0 Å². The predicted octanol–water partition coefficient (Wildman–Crippen LogP) is 16.0. The Morgan fingerprint density at radius 2 is 0.613 bits per heavy atom. The minimum atomic E-state index is -0.530. The Morgan fingerprint density at radius 3 is 1.15 bits per heavy atom. The maximum Gasteiger partial charge on any atom is 0.164 e. The normalized spacial score (nSPS) is 15.3. The van der Waals surface area contributed by atoms with Crippen LogP contribution in [0.4, 0.5) is 0 Å². The molecule has 2 bridgehead atoms. The third kappa shape index (κ3) is 6.10. The molecule has 0 fully saturated rings. The van der Waals surface area contributed by atoms with Gasteiger partial charge in [0.05, 0.1) is 16.8 Å². The van der Waals surface area contributed by atoms with Crippen LogP contribution >= 0.6 is 0 Å². The van der Waals surface area contributed by atoms with Crippen LogP contribution in [0.25, 0.3) is 90.3 Å². The van der Waals surface area contributed by atoms with Crippen molar-refractivity contribution < 1.29 is 0 Å². The first kappa shape index (κ1) is 41.9. The summed E-state index contributed by atoms with van der Waals surface area (Å²) < 4.78 is 0. The van der Waals surface area contributed by atoms with E-state index in [9.17, 15) is 0 Å². The fourth-order valence-corrected chi connectivity index (χ4v) is 13.3. The van der Waals surface area contributed by atoms with E-state index in [0.29, 0.717) is 23.3 Å². The molecule has 2 atom stereocenters. The highest BCUT2D eigenvalue weighted by Crippen LogP contribution is 2.64. The molecule has 5 aliphatic rings. The van der Waals surface area contributed by atoms with Crippen molar-refractivity contribution in [3.05, 3.63) is 304 Å². The lowest BCUT2D eigenvalue weighted by molar-refractivity contribution is 0.754. The average molecular weight is 954 g/mol. The summed E-state index contributed by atoms with van der Waals surface area (Å²) in [5, 5.41) is 0. The summed E-state index contributed by atoms with van der Waals surface area (Å²) in [5.41, 5.74) is 25.4. The highest BCUT2D eigenvalue weighted by atomic mass is 15.0. The Labute approximate surface area is 434 Å². The second kappa shape index (κ2) is 16.1. The number of rotatable bonds is 6. The van der Waals surface area contributed by atoms with Crippen LogP contribution in [0.15, 0.2) is 249 Å². The molecule has 0 radical (unpaired) electrons. The van der Waals surface area contributed by atoms with Gasteiger partial charge in [0.1, 0.15) is 0 Å². The van der Waals surface area contributed by atoms with Crippen molar-refractivity contribution in [3.63, 3.8) is 0 Å². The molecule has 0 saturated heterocycles. The molecule has 0 amide bonds. The number of hydrogen-bond donors (Lipinski definition) is 0. The van der Waals surface area contributed by atoms with Crippen LogP contribution in [0.1, 0.15) is 67.5 Å². The topological polar surface area (TPSA) is 64.5 Å². The molecule has 10 aromatic carbocycles. The third-order valence-corrected chi connectivity index (χ3v) is 16.3. The van der Waals surface area contributed by atoms with Gasteiger partial charge in [0.15, 0.2) is 23.3 Å². The van der Waals surface area contributed by atoms with Crippen molar-refractivity contribution >= 4 is 0 Å². The van der Waals surface area contributed by atoms with E-state index in [4.69, 9.17) is 24.9 Å². The van der Waals surface area contributed by atoms with Gasteiger partial charge in [-0.15, -0.1) is 0 Å². The standard InChI is InChI=1S/C70H43N5/c1-4-19-42(20-5-1)66-71-61(41-62(72-66)55-31-18-30-54-49-27-14-17-34-60(49)70(65(54)55)58-32-15-12-25-47(58)48-26-13-16-33-59(48)70)45-35-37-52-56(39-45)63-50-28-10-11-29-51(50)64(52)57-40-46(36-38-53(57)63)69-74-67(43-21-6-2-7-22-43)73-68(75-69)44-23-8-3-9-24-44/h1-41,63-64H. The van der Waals surface area contributed by atoms with Crippen LogP contribution < -0.4 is 0 Å². The van der Waals surface area contributed by atoms with E-state index in [1.54, 1.807) is 0 Å². The number of hydrogen-bond acceptors (Lipinski definition) is 5. The summed E-state index contributed by atoms with van der Waals surface area (Å²) in [5.74, 6) is 2.71. The predicted molar refractivity (Wildman–Crippen MR) is 299 cm³/mol. The molecule has 0 N–H and O–H groups in total. The van der Waals surface area contributed by atoms with Crippen LogP contribution in [0.2, 0.25) is 0 Å². The molecule has 2 heterocycles. The van der Waals surface area contributed by atoms with Crippen molar-refractivity contribution in [3.8, 4) is 90.3 Å². The van der Waals surface area contributed by atoms with E-state index < -0.39 is 5.41 Å². The molecule has 1 spiro atoms. The lowest BCUT2D eigenvalue weighted by Gasteiger charge is -2.42. The molecule has 0 aliphatic heterocycles. The van der Waals surface area contributed by atoms with E-state index in [0.717, 1.165) is 44.8 Å². The molecule has 5 aliphatic carbocycles. The van der Waals surface area contributed by atoms with Gasteiger partial charge in [0, 0.05) is 45.2 Å². The van der Waals surface area contributed by atoms with Crippen molar-refractivity contribution in [2.75, 3.05) is 0 Å². The molecule has 5 heteroatoms. The molecule has 0 saturated carbocycles. The molecule has 5 nitrogen and oxygen atoms in total. The van der Waals surface area contributed by atoms with Gasteiger partial charge in [-0.3, -0.25) is 0 Å². The maximum atomic E-state index is 5.54. The minimum absolute atomic E-state index is 0.0245. The molecular formula is C70H43N5. The van der Waals surface area contributed by atoms with Crippen molar-refractivity contribution in [2.24, 2.45) is 0 Å². The first-order valence-electron chi connectivity index (χ1n) is 25.8. The molecule has 2 unspecified atom stereocenters. The zero-order valence-electron chi connectivity index (χ0n) is 40.6. The monoisotopic (exact) mass is 953 g/mol. The summed E-state index contributed by atoms with van der Waals surface area (Å²) >= 11 is 0. The van der Waals surface area contributed by atoms with Crippen molar-refractivity contribution in [1.82, 2.24) is 24.9 Å². The summed E-state index contributed by atoms with van der Waals surface area (Å²) in [6.07, 6.45) is 0. The summed E-state index contributed by atoms with van der Waals surface area (Å²) in [7, 11) is 0. The summed E-state index contributed by atoms with van der Waals surface area (Å²) in [6.45, 7) is 0. The van der Waals surface area contributed by atoms with Gasteiger partial charge >= 0.3 is 0 Å². The highest BCUT2D eigenvalue weighted by molar-refractivity contribution is 5.98. The summed E-state index contributed by atoms with van der Waals surface area (Å²) in [6, 6.07) is 89.8. The van der Waals surface area contributed by atoms with E-state index in [1.165, 1.54) is 77.9 Å². The van der Waals surface area contributed by atoms with Gasteiger partial charge in [0.25, 0.3) is 0 Å². The van der Waals surface area contributed by atoms with Crippen LogP contribution in [-0.2, 0) is 5.41 Å². The SMILES string of the molecule is c1ccc(-c2nc(-c3ccc4c(c3)C3c5ccccc5C4c4cc(-c5nc(-c6ccccc6)nc(-c6ccccc6)n5)ccc43)cc(-c3cccc4c3C3(c5ccccc5-c5ccccc53)c3ccccc3-4)n2)cc1. The van der Waals surface area contributed by atoms with Crippen LogP contribution in [0.5, 0.6) is 0 Å². The van der Waals surface area contributed by atoms with E-state index in [-0.39, 0.29) is 11.8 Å². The first-order chi connectivity index (χ1) is 37.2. The fourth-order valence-electron chi connectivity index (χ4n) is 13.3. The second-order valence-corrected chi connectivity index (χ2v) is 20.2. The van der Waals surface area contributed by atoms with Gasteiger partial charge in [-0.25, -0.2) is 24.9 Å². The Balaban J connectivity index is 0.863. The zero-order valence-corrected chi connectivity index (χ0v) is 40.6. The van der Waals surface area contributed by atoms with Crippen LogP contribution in [-0.4, -0.2) is 24.9 Å². The Hall–Kier alpha value is -9.71. The number of aromatic nitrogens is 5. The lowest BCUT2D eigenvalue weighted by Crippen LogP contribution is -2.27. The van der Waals surface area contributed by atoms with Crippen LogP contribution in [0.3, 0.4) is 0 Å². The Bertz CT molecular complexity index is 4200. The van der Waals surface area contributed by atoms with Crippen molar-refractivity contribution in [1.29, 1.82) is 0 Å².